The van der Waals surface area contributed by atoms with Crippen LogP contribution in [0.2, 0.25) is 0 Å². The number of rotatable bonds is 6. The third kappa shape index (κ3) is 4.71. The van der Waals surface area contributed by atoms with Gasteiger partial charge < -0.3 is 17.7 Å². The SMILES string of the molecule is CC(C)CCCOc1ccccc1[B-](F)(F)F. The standard InChI is InChI=1S/C12H17BF3O/c1-10(2)6-5-9-17-12-8-4-3-7-11(12)13(14,15)16/h3-4,7-8,10H,5-6,9H2,1-2H3/q-1. The zero-order valence-electron chi connectivity index (χ0n) is 10.1. The molecule has 0 spiro atoms. The molecule has 0 aliphatic carbocycles. The van der Waals surface area contributed by atoms with Gasteiger partial charge >= 0.3 is 6.98 Å². The first-order valence-electron chi connectivity index (χ1n) is 5.83. The van der Waals surface area contributed by atoms with Gasteiger partial charge in [0.1, 0.15) is 0 Å². The van der Waals surface area contributed by atoms with Crippen LogP contribution in [0.4, 0.5) is 12.9 Å². The maximum atomic E-state index is 12.7. The summed E-state index contributed by atoms with van der Waals surface area (Å²) in [6.45, 7) is -0.510. The van der Waals surface area contributed by atoms with E-state index in [1.54, 1.807) is 6.07 Å². The van der Waals surface area contributed by atoms with Gasteiger partial charge in [0, 0.05) is 0 Å². The summed E-state index contributed by atoms with van der Waals surface area (Å²) in [6, 6.07) is 5.38. The van der Waals surface area contributed by atoms with Crippen LogP contribution in [0.5, 0.6) is 5.75 Å². The van der Waals surface area contributed by atoms with Gasteiger partial charge in [-0.05, 0) is 24.8 Å². The first-order chi connectivity index (χ1) is 7.91. The number of hydrogen-bond acceptors (Lipinski definition) is 1. The van der Waals surface area contributed by atoms with E-state index >= 15 is 0 Å². The fourth-order valence-electron chi connectivity index (χ4n) is 1.56. The van der Waals surface area contributed by atoms with Crippen LogP contribution in [0.1, 0.15) is 26.7 Å². The molecule has 96 valence electrons. The van der Waals surface area contributed by atoms with E-state index in [2.05, 4.69) is 13.8 Å². The lowest BCUT2D eigenvalue weighted by molar-refractivity contribution is 0.298. The summed E-state index contributed by atoms with van der Waals surface area (Å²) in [5.74, 6) is 0.490. The molecule has 1 aromatic carbocycles. The Balaban J connectivity index is 2.59. The van der Waals surface area contributed by atoms with E-state index in [1.165, 1.54) is 12.1 Å². The first kappa shape index (κ1) is 13.9. The molecule has 1 rings (SSSR count). The van der Waals surface area contributed by atoms with E-state index in [1.807, 2.05) is 0 Å². The van der Waals surface area contributed by atoms with Crippen molar-refractivity contribution >= 4 is 12.4 Å². The Morgan fingerprint density at radius 3 is 2.41 bits per heavy atom. The van der Waals surface area contributed by atoms with Gasteiger partial charge in [-0.15, -0.1) is 0 Å². The van der Waals surface area contributed by atoms with Crippen LogP contribution < -0.4 is 10.2 Å². The Labute approximate surface area is 100 Å². The second kappa shape index (κ2) is 5.98. The average Bonchev–Trinajstić information content (AvgIpc) is 2.23. The van der Waals surface area contributed by atoms with Crippen molar-refractivity contribution in [2.75, 3.05) is 6.61 Å². The molecular formula is C12H17BF3O-. The lowest BCUT2D eigenvalue weighted by Crippen LogP contribution is -2.35. The monoisotopic (exact) mass is 245 g/mol. The van der Waals surface area contributed by atoms with E-state index in [-0.39, 0.29) is 5.75 Å². The van der Waals surface area contributed by atoms with Gasteiger partial charge in [0.15, 0.2) is 0 Å². The van der Waals surface area contributed by atoms with Crippen molar-refractivity contribution in [3.8, 4) is 5.75 Å². The highest BCUT2D eigenvalue weighted by Crippen LogP contribution is 2.17. The number of ether oxygens (including phenoxy) is 1. The minimum atomic E-state index is -5.00. The third-order valence-electron chi connectivity index (χ3n) is 2.46. The van der Waals surface area contributed by atoms with Gasteiger partial charge in [0.2, 0.25) is 0 Å². The maximum absolute atomic E-state index is 12.7. The van der Waals surface area contributed by atoms with Gasteiger partial charge in [-0.25, -0.2) is 0 Å². The molecule has 0 atom stereocenters. The lowest BCUT2D eigenvalue weighted by atomic mass is 9.79. The van der Waals surface area contributed by atoms with Crippen LogP contribution in [0.25, 0.3) is 0 Å². The van der Waals surface area contributed by atoms with Gasteiger partial charge in [-0.1, -0.05) is 37.5 Å². The molecule has 0 aliphatic rings. The van der Waals surface area contributed by atoms with Crippen molar-refractivity contribution in [3.63, 3.8) is 0 Å². The summed E-state index contributed by atoms with van der Waals surface area (Å²) in [6.07, 6.45) is 1.73. The van der Waals surface area contributed by atoms with Crippen molar-refractivity contribution in [2.45, 2.75) is 26.7 Å². The number of hydrogen-bond donors (Lipinski definition) is 0. The smallest absolute Gasteiger partial charge is 0.497 e. The van der Waals surface area contributed by atoms with Crippen LogP contribution in [0, 0.1) is 5.92 Å². The predicted octanol–water partition coefficient (Wildman–Crippen LogP) is 3.56. The molecule has 0 aromatic heterocycles. The van der Waals surface area contributed by atoms with Crippen molar-refractivity contribution in [2.24, 2.45) is 5.92 Å². The molecule has 0 radical (unpaired) electrons. The van der Waals surface area contributed by atoms with Crippen LogP contribution in [-0.4, -0.2) is 13.6 Å². The second-order valence-electron chi connectivity index (χ2n) is 4.50. The Kier molecular flexibility index (Phi) is 4.91. The molecule has 17 heavy (non-hydrogen) atoms. The highest BCUT2D eigenvalue weighted by molar-refractivity contribution is 6.74. The van der Waals surface area contributed by atoms with Crippen molar-refractivity contribution in [1.29, 1.82) is 0 Å². The quantitative estimate of drug-likeness (QED) is 0.550. The van der Waals surface area contributed by atoms with E-state index in [9.17, 15) is 12.9 Å². The van der Waals surface area contributed by atoms with E-state index in [0.717, 1.165) is 18.9 Å². The number of benzene rings is 1. The van der Waals surface area contributed by atoms with Crippen molar-refractivity contribution in [3.05, 3.63) is 24.3 Å². The molecule has 0 N–H and O–H groups in total. The van der Waals surface area contributed by atoms with Gasteiger partial charge in [-0.2, -0.15) is 0 Å². The van der Waals surface area contributed by atoms with E-state index in [4.69, 9.17) is 4.74 Å². The van der Waals surface area contributed by atoms with Crippen LogP contribution in [-0.2, 0) is 0 Å². The van der Waals surface area contributed by atoms with Gasteiger partial charge in [0.25, 0.3) is 0 Å². The summed E-state index contributed by atoms with van der Waals surface area (Å²) in [4.78, 5) is 0. The summed E-state index contributed by atoms with van der Waals surface area (Å²) < 4.78 is 43.2. The molecule has 1 aromatic rings. The molecule has 0 amide bonds. The van der Waals surface area contributed by atoms with E-state index < -0.39 is 12.4 Å². The Hall–Kier alpha value is -1.13. The number of para-hydroxylation sites is 1. The Morgan fingerprint density at radius 2 is 1.82 bits per heavy atom. The number of halogens is 3. The second-order valence-corrected chi connectivity index (χ2v) is 4.50. The lowest BCUT2D eigenvalue weighted by Gasteiger charge is -2.19. The fraction of sp³-hybridized carbons (Fsp3) is 0.500. The molecule has 0 heterocycles. The van der Waals surface area contributed by atoms with Gasteiger partial charge in [0.05, 0.1) is 12.4 Å². The molecule has 0 aliphatic heterocycles. The average molecular weight is 245 g/mol. The zero-order chi connectivity index (χ0) is 12.9. The predicted molar refractivity (Wildman–Crippen MR) is 64.7 cm³/mol. The Bertz CT molecular complexity index is 350. The molecule has 0 unspecified atom stereocenters. The van der Waals surface area contributed by atoms with Crippen LogP contribution >= 0.6 is 0 Å². The van der Waals surface area contributed by atoms with Crippen molar-refractivity contribution in [1.82, 2.24) is 0 Å². The molecule has 5 heteroatoms. The van der Waals surface area contributed by atoms with Crippen LogP contribution in [0.15, 0.2) is 24.3 Å². The maximum Gasteiger partial charge on any atom is 0.513 e. The third-order valence-corrected chi connectivity index (χ3v) is 2.46. The van der Waals surface area contributed by atoms with E-state index in [0.29, 0.717) is 12.5 Å². The highest BCUT2D eigenvalue weighted by atomic mass is 19.4. The summed E-state index contributed by atoms with van der Waals surface area (Å²) in [5.41, 5.74) is -0.642. The topological polar surface area (TPSA) is 9.23 Å². The minimum absolute atomic E-state index is 0.0521. The highest BCUT2D eigenvalue weighted by Gasteiger charge is 2.28. The summed E-state index contributed by atoms with van der Waals surface area (Å²) in [7, 11) is 0. The van der Waals surface area contributed by atoms with Crippen molar-refractivity contribution < 1.29 is 17.7 Å². The van der Waals surface area contributed by atoms with Gasteiger partial charge in [-0.3, -0.25) is 0 Å². The normalized spacial score (nSPS) is 11.9. The largest absolute Gasteiger partial charge is 0.513 e. The Morgan fingerprint density at radius 1 is 1.18 bits per heavy atom. The molecular weight excluding hydrogens is 228 g/mol. The molecule has 0 bridgehead atoms. The molecule has 0 saturated heterocycles. The fourth-order valence-corrected chi connectivity index (χ4v) is 1.56. The first-order valence-corrected chi connectivity index (χ1v) is 5.83. The molecule has 0 fully saturated rings. The molecule has 1 nitrogen and oxygen atoms in total. The minimum Gasteiger partial charge on any atom is -0.497 e. The molecule has 0 saturated carbocycles. The summed E-state index contributed by atoms with van der Waals surface area (Å²) in [5, 5.41) is 0. The zero-order valence-corrected chi connectivity index (χ0v) is 10.1. The van der Waals surface area contributed by atoms with Crippen LogP contribution in [0.3, 0.4) is 0 Å². The summed E-state index contributed by atoms with van der Waals surface area (Å²) >= 11 is 0.